The molecule has 0 aliphatic carbocycles. The molecule has 9 nitrogen and oxygen atoms in total. The quantitative estimate of drug-likeness (QED) is 0.0695. The number of aliphatic hydroxyl groups is 1. The lowest BCUT2D eigenvalue weighted by atomic mass is 9.95. The van der Waals surface area contributed by atoms with E-state index in [-0.39, 0.29) is 27.9 Å². The molecule has 242 valence electrons. The predicted octanol–water partition coefficient (Wildman–Crippen LogP) is 7.93. The van der Waals surface area contributed by atoms with E-state index in [1.807, 2.05) is 61.5 Å². The van der Waals surface area contributed by atoms with Gasteiger partial charge in [0.2, 0.25) is 0 Å². The van der Waals surface area contributed by atoms with E-state index in [1.54, 1.807) is 62.4 Å². The molecule has 0 bridgehead atoms. The van der Waals surface area contributed by atoms with E-state index in [9.17, 15) is 19.5 Å². The number of hydrogen-bond acceptors (Lipinski definition) is 9. The van der Waals surface area contributed by atoms with Crippen molar-refractivity contribution in [2.75, 3.05) is 11.5 Å². The van der Waals surface area contributed by atoms with Crippen molar-refractivity contribution in [3.05, 3.63) is 142 Å². The Morgan fingerprint density at radius 1 is 0.875 bits per heavy atom. The fourth-order valence-corrected chi connectivity index (χ4v) is 6.37. The average Bonchev–Trinajstić information content (AvgIpc) is 3.61. The SMILES string of the molecule is CCOC(=O)c1sc(N2C(=O)C(=O)C(=C(O)c3ccc(OCc4ccccc4C)cc3)C2c2cccc(Oc3ccccc3)c2)nc1C. The van der Waals surface area contributed by atoms with Crippen LogP contribution in [0.1, 0.15) is 50.6 Å². The Morgan fingerprint density at radius 3 is 2.31 bits per heavy atom. The van der Waals surface area contributed by atoms with Gasteiger partial charge in [-0.25, -0.2) is 9.78 Å². The number of benzene rings is 4. The first kappa shape index (κ1) is 32.2. The first-order chi connectivity index (χ1) is 23.2. The smallest absolute Gasteiger partial charge is 0.350 e. The number of amides is 1. The number of anilines is 1. The van der Waals surface area contributed by atoms with Gasteiger partial charge in [0.25, 0.3) is 5.78 Å². The van der Waals surface area contributed by atoms with E-state index >= 15 is 0 Å². The summed E-state index contributed by atoms with van der Waals surface area (Å²) in [6.07, 6.45) is 0. The average molecular weight is 661 g/mol. The van der Waals surface area contributed by atoms with Crippen LogP contribution < -0.4 is 14.4 Å². The molecule has 1 saturated heterocycles. The molecular formula is C38H32N2O7S. The summed E-state index contributed by atoms with van der Waals surface area (Å²) < 4.78 is 17.2. The highest BCUT2D eigenvalue weighted by atomic mass is 32.1. The second-order valence-corrected chi connectivity index (χ2v) is 12.0. The van der Waals surface area contributed by atoms with Gasteiger partial charge in [0.1, 0.15) is 34.5 Å². The molecule has 1 aliphatic heterocycles. The van der Waals surface area contributed by atoms with Gasteiger partial charge >= 0.3 is 11.9 Å². The Kier molecular flexibility index (Phi) is 9.36. The topological polar surface area (TPSA) is 115 Å². The molecule has 1 atom stereocenters. The lowest BCUT2D eigenvalue weighted by Crippen LogP contribution is -2.29. The molecule has 0 saturated carbocycles. The fourth-order valence-electron chi connectivity index (χ4n) is 5.39. The summed E-state index contributed by atoms with van der Waals surface area (Å²) in [5.74, 6) is -1.09. The van der Waals surface area contributed by atoms with E-state index in [0.29, 0.717) is 40.7 Å². The van der Waals surface area contributed by atoms with E-state index in [4.69, 9.17) is 14.2 Å². The van der Waals surface area contributed by atoms with Gasteiger partial charge in [-0.05, 0) is 86.0 Å². The van der Waals surface area contributed by atoms with Gasteiger partial charge < -0.3 is 19.3 Å². The number of aliphatic hydroxyl groups excluding tert-OH is 1. The number of Topliss-reactive ketones (excluding diaryl/α,β-unsaturated/α-hetero) is 1. The molecule has 1 N–H and O–H groups in total. The standard InChI is InChI=1S/C38H32N2O7S/c1-4-45-37(44)35-24(3)39-38(48-35)40-32(26-13-10-16-30(21-26)47-29-14-6-5-7-15-29)31(34(42)36(40)43)33(41)25-17-19-28(20-18-25)46-22-27-12-9-8-11-23(27)2/h5-21,32,41H,4,22H2,1-3H3. The lowest BCUT2D eigenvalue weighted by molar-refractivity contribution is -0.132. The van der Waals surface area contributed by atoms with Crippen LogP contribution in [0.5, 0.6) is 17.2 Å². The summed E-state index contributed by atoms with van der Waals surface area (Å²) in [4.78, 5) is 46.1. The van der Waals surface area contributed by atoms with Gasteiger partial charge in [-0.15, -0.1) is 0 Å². The highest BCUT2D eigenvalue weighted by Crippen LogP contribution is 2.45. The highest BCUT2D eigenvalue weighted by molar-refractivity contribution is 7.17. The van der Waals surface area contributed by atoms with Crippen LogP contribution in [0, 0.1) is 13.8 Å². The number of aryl methyl sites for hydroxylation is 2. The normalized spacial score (nSPS) is 15.4. The summed E-state index contributed by atoms with van der Waals surface area (Å²) in [5, 5.41) is 11.8. The van der Waals surface area contributed by atoms with Gasteiger partial charge in [0.15, 0.2) is 5.13 Å². The number of nitrogens with zero attached hydrogens (tertiary/aromatic N) is 2. The Morgan fingerprint density at radius 2 is 1.58 bits per heavy atom. The summed E-state index contributed by atoms with van der Waals surface area (Å²) >= 11 is 0.947. The number of thiazole rings is 1. The number of para-hydroxylation sites is 1. The molecule has 1 aromatic heterocycles. The number of esters is 1. The van der Waals surface area contributed by atoms with E-state index in [2.05, 4.69) is 4.98 Å². The van der Waals surface area contributed by atoms with E-state index in [0.717, 1.165) is 22.5 Å². The molecule has 1 unspecified atom stereocenters. The summed E-state index contributed by atoms with van der Waals surface area (Å²) in [6.45, 7) is 5.88. The highest BCUT2D eigenvalue weighted by Gasteiger charge is 2.48. The molecule has 10 heteroatoms. The number of rotatable bonds is 10. The fraction of sp³-hybridized carbons (Fsp3) is 0.158. The van der Waals surface area contributed by atoms with Gasteiger partial charge in [-0.3, -0.25) is 14.5 Å². The third-order valence-corrected chi connectivity index (χ3v) is 8.97. The number of ether oxygens (including phenoxy) is 3. The van der Waals surface area contributed by atoms with Crippen molar-refractivity contribution >= 4 is 39.9 Å². The molecule has 1 amide bonds. The molecular weight excluding hydrogens is 628 g/mol. The zero-order valence-electron chi connectivity index (χ0n) is 26.5. The number of hydrogen-bond donors (Lipinski definition) is 1. The lowest BCUT2D eigenvalue weighted by Gasteiger charge is -2.23. The minimum Gasteiger partial charge on any atom is -0.507 e. The minimum atomic E-state index is -1.08. The molecule has 6 rings (SSSR count). The maximum atomic E-state index is 13.8. The van der Waals surface area contributed by atoms with E-state index < -0.39 is 23.7 Å². The van der Waals surface area contributed by atoms with Gasteiger partial charge in [0.05, 0.1) is 23.9 Å². The maximum absolute atomic E-state index is 13.8. The Labute approximate surface area is 281 Å². The van der Waals surface area contributed by atoms with Crippen molar-refractivity contribution in [3.63, 3.8) is 0 Å². The molecule has 4 aromatic carbocycles. The third-order valence-electron chi connectivity index (χ3n) is 7.83. The number of carbonyl (C=O) groups is 3. The predicted molar refractivity (Wildman–Crippen MR) is 183 cm³/mol. The zero-order chi connectivity index (χ0) is 33.8. The Hall–Kier alpha value is -5.74. The van der Waals surface area contributed by atoms with Crippen molar-refractivity contribution < 1.29 is 33.7 Å². The van der Waals surface area contributed by atoms with Gasteiger partial charge in [-0.1, -0.05) is 65.9 Å². The first-order valence-corrected chi connectivity index (χ1v) is 16.1. The van der Waals surface area contributed by atoms with Crippen LogP contribution >= 0.6 is 11.3 Å². The molecule has 2 heterocycles. The van der Waals surface area contributed by atoms with E-state index in [1.165, 1.54) is 4.90 Å². The zero-order valence-corrected chi connectivity index (χ0v) is 27.3. The number of ketones is 1. The summed E-state index contributed by atoms with van der Waals surface area (Å²) in [6, 6.07) is 29.6. The molecule has 0 spiro atoms. The van der Waals surface area contributed by atoms with Crippen LogP contribution in [0.2, 0.25) is 0 Å². The molecule has 0 radical (unpaired) electrons. The monoisotopic (exact) mass is 660 g/mol. The summed E-state index contributed by atoms with van der Waals surface area (Å²) in [7, 11) is 0. The molecule has 5 aromatic rings. The largest absolute Gasteiger partial charge is 0.507 e. The molecule has 1 aliphatic rings. The number of aromatic nitrogens is 1. The van der Waals surface area contributed by atoms with Crippen LogP contribution in [-0.2, 0) is 20.9 Å². The van der Waals surface area contributed by atoms with Gasteiger partial charge in [0, 0.05) is 5.56 Å². The Balaban J connectivity index is 1.40. The Bertz CT molecular complexity index is 2020. The van der Waals surface area contributed by atoms with Crippen LogP contribution in [0.15, 0.2) is 109 Å². The van der Waals surface area contributed by atoms with Crippen molar-refractivity contribution in [3.8, 4) is 17.2 Å². The molecule has 48 heavy (non-hydrogen) atoms. The second kappa shape index (κ2) is 13.9. The second-order valence-electron chi connectivity index (χ2n) is 11.0. The summed E-state index contributed by atoms with van der Waals surface area (Å²) in [5.41, 5.74) is 3.20. The van der Waals surface area contributed by atoms with Crippen LogP contribution in [0.3, 0.4) is 0 Å². The maximum Gasteiger partial charge on any atom is 0.350 e. The van der Waals surface area contributed by atoms with Crippen LogP contribution in [-0.4, -0.2) is 34.4 Å². The van der Waals surface area contributed by atoms with Gasteiger partial charge in [-0.2, -0.15) is 0 Å². The van der Waals surface area contributed by atoms with Crippen molar-refractivity contribution in [1.82, 2.24) is 4.98 Å². The van der Waals surface area contributed by atoms with Crippen molar-refractivity contribution in [1.29, 1.82) is 0 Å². The minimum absolute atomic E-state index is 0.121. The van der Waals surface area contributed by atoms with Crippen molar-refractivity contribution in [2.24, 2.45) is 0 Å². The van der Waals surface area contributed by atoms with Crippen LogP contribution in [0.25, 0.3) is 5.76 Å². The number of carbonyl (C=O) groups excluding carboxylic acids is 3. The van der Waals surface area contributed by atoms with Crippen LogP contribution in [0.4, 0.5) is 5.13 Å². The van der Waals surface area contributed by atoms with Crippen molar-refractivity contribution in [2.45, 2.75) is 33.4 Å². The third kappa shape index (κ3) is 6.56. The molecule has 1 fully saturated rings. The first-order valence-electron chi connectivity index (χ1n) is 15.3.